The summed E-state index contributed by atoms with van der Waals surface area (Å²) in [5.41, 5.74) is 5.40. The van der Waals surface area contributed by atoms with Crippen molar-refractivity contribution < 1.29 is 43.9 Å². The number of ether oxygens (including phenoxy) is 1. The molecule has 3 saturated carbocycles. The van der Waals surface area contributed by atoms with Gasteiger partial charge >= 0.3 is 21.1 Å². The zero-order valence-corrected chi connectivity index (χ0v) is 45.4. The van der Waals surface area contributed by atoms with Crippen LogP contribution in [0.15, 0.2) is 108 Å². The van der Waals surface area contributed by atoms with E-state index in [0.717, 1.165) is 72.9 Å². The molecule has 11 rings (SSSR count). The number of furan rings is 1. The van der Waals surface area contributed by atoms with Gasteiger partial charge in [-0.05, 0) is 187 Å². The normalized spacial score (nSPS) is 27.4. The second-order valence-corrected chi connectivity index (χ2v) is 24.0. The molecule has 8 aromatic rings. The van der Waals surface area contributed by atoms with Gasteiger partial charge in [-0.1, -0.05) is 168 Å². The molecule has 0 spiro atoms. The summed E-state index contributed by atoms with van der Waals surface area (Å²) < 4.78 is 99.9. The van der Waals surface area contributed by atoms with Crippen LogP contribution in [0.4, 0.5) is 0 Å². The number of rotatable bonds is 8. The molecule has 0 aliphatic heterocycles. The molecule has 6 unspecified atom stereocenters. The number of hydrogen-bond acceptors (Lipinski definition) is 4. The smallest absolute Gasteiger partial charge is 0.501 e. The SMILES string of the molecule is [2H]C([2H])([2H])c1cnc(-c2[c-]c(Oc3[c-]c(-c4cc(C5CCC(C)(C6CCC(C7([2H])CC(C)(C)CC(C)(C)C7)CC6C)CC5C)c(C)cn4)c4oc5cc6ccccc6cc5c4c3)c(C([2H])([2H])[2H])c(-c3ccccc3)c2)cc1C([2H])([2H])[2H].[Pt+2]. The maximum Gasteiger partial charge on any atom is 2.00 e. The minimum atomic E-state index is -2.81. The molecule has 6 atom stereocenters. The minimum absolute atomic E-state index is 0. The van der Waals surface area contributed by atoms with Crippen molar-refractivity contribution in [3.8, 4) is 45.1 Å². The van der Waals surface area contributed by atoms with Crippen LogP contribution in [-0.2, 0) is 21.1 Å². The number of nitrogens with zero attached hydrogens (tertiary/aromatic N) is 2. The molecular formula is C67H74N2O2Pt. The first-order valence-corrected chi connectivity index (χ1v) is 26.0. The third-order valence-corrected chi connectivity index (χ3v) is 17.2. The van der Waals surface area contributed by atoms with E-state index >= 15 is 0 Å². The van der Waals surface area contributed by atoms with Gasteiger partial charge in [0.15, 0.2) is 0 Å². The van der Waals surface area contributed by atoms with Crippen LogP contribution in [-0.4, -0.2) is 9.97 Å². The van der Waals surface area contributed by atoms with Crippen LogP contribution in [0.2, 0.25) is 0 Å². The Morgan fingerprint density at radius 3 is 2.17 bits per heavy atom. The van der Waals surface area contributed by atoms with E-state index < -0.39 is 31.7 Å². The molecule has 5 heteroatoms. The van der Waals surface area contributed by atoms with Gasteiger partial charge in [-0.3, -0.25) is 0 Å². The van der Waals surface area contributed by atoms with Gasteiger partial charge in [0.25, 0.3) is 0 Å². The summed E-state index contributed by atoms with van der Waals surface area (Å²) in [6.07, 6.45) is 12.9. The molecule has 3 aliphatic rings. The van der Waals surface area contributed by atoms with Crippen LogP contribution in [0.25, 0.3) is 66.4 Å². The fraction of sp³-hybridized carbons (Fsp3) is 0.433. The average molecular weight is 1140 g/mol. The van der Waals surface area contributed by atoms with E-state index in [1.54, 1.807) is 36.4 Å². The monoisotopic (exact) mass is 1140 g/mol. The topological polar surface area (TPSA) is 48.2 Å². The first-order chi connectivity index (χ1) is 37.9. The van der Waals surface area contributed by atoms with Gasteiger partial charge in [0.1, 0.15) is 5.58 Å². The van der Waals surface area contributed by atoms with Crippen LogP contribution < -0.4 is 4.74 Å². The molecule has 3 aliphatic carbocycles. The van der Waals surface area contributed by atoms with Crippen molar-refractivity contribution in [2.75, 3.05) is 0 Å². The summed E-state index contributed by atoms with van der Waals surface area (Å²) in [4.78, 5) is 9.56. The number of hydrogen-bond donors (Lipinski definition) is 0. The molecular weight excluding hydrogens is 1060 g/mol. The van der Waals surface area contributed by atoms with Crippen LogP contribution in [0, 0.1) is 85.4 Å². The molecule has 0 saturated heterocycles. The van der Waals surface area contributed by atoms with Crippen LogP contribution in [0.5, 0.6) is 11.5 Å². The standard InChI is InChI=1S/C67H74N2O2.Pt/c1-40-26-60(68-37-43(40)4)50-28-55(46-17-13-12-14-18-46)45(6)62(30-50)70-52-31-57-56-27-47-19-15-16-20-48(47)29-63(56)71-64(57)58(32-52)61-33-54(44(5)38-69-61)53-23-24-67(11,34-42(53)3)59-22-21-49(25-41(59)2)51-35-65(7,8)39-66(9,10)36-51;/h12-20,26-29,31,33,37-38,41-42,49,51,53,59H,21-25,34-36,39H2,1-11H3;/q-2;+2/i1D3,4D3,6D3,51D;. The zero-order valence-electron chi connectivity index (χ0n) is 53.1. The molecule has 5 aromatic carbocycles. The molecule has 0 amide bonds. The van der Waals surface area contributed by atoms with Crippen molar-refractivity contribution in [1.82, 2.24) is 9.97 Å². The average Bonchev–Trinajstić information content (AvgIpc) is 3.95. The number of fused-ring (bicyclic) bond motifs is 4. The van der Waals surface area contributed by atoms with Gasteiger partial charge < -0.3 is 19.1 Å². The molecule has 4 nitrogen and oxygen atoms in total. The fourth-order valence-corrected chi connectivity index (χ4v) is 14.5. The molecule has 0 N–H and O–H groups in total. The Labute approximate surface area is 458 Å². The van der Waals surface area contributed by atoms with Gasteiger partial charge in [0.2, 0.25) is 0 Å². The predicted molar refractivity (Wildman–Crippen MR) is 295 cm³/mol. The predicted octanol–water partition coefficient (Wildman–Crippen LogP) is 19.0. The number of aromatic nitrogens is 2. The van der Waals surface area contributed by atoms with E-state index in [9.17, 15) is 1.37 Å². The van der Waals surface area contributed by atoms with Crippen molar-refractivity contribution in [3.05, 3.63) is 143 Å². The summed E-state index contributed by atoms with van der Waals surface area (Å²) in [6, 6.07) is 34.6. The largest absolute Gasteiger partial charge is 2.00 e. The Kier molecular flexibility index (Phi) is 10.6. The summed E-state index contributed by atoms with van der Waals surface area (Å²) in [6.45, 7) is 10.8. The summed E-state index contributed by atoms with van der Waals surface area (Å²) in [5.74, 6) is 1.88. The van der Waals surface area contributed by atoms with Gasteiger partial charge in [-0.2, -0.15) is 0 Å². The number of benzene rings is 5. The van der Waals surface area contributed by atoms with Gasteiger partial charge in [-0.15, -0.1) is 11.6 Å². The van der Waals surface area contributed by atoms with Crippen molar-refractivity contribution >= 4 is 32.7 Å². The van der Waals surface area contributed by atoms with Gasteiger partial charge in [0, 0.05) is 43.0 Å². The Hall–Kier alpha value is -5.05. The van der Waals surface area contributed by atoms with Crippen molar-refractivity contribution in [2.45, 2.75) is 140 Å². The summed E-state index contributed by atoms with van der Waals surface area (Å²) in [7, 11) is 0. The van der Waals surface area contributed by atoms with Crippen LogP contribution in [0.1, 0.15) is 154 Å². The van der Waals surface area contributed by atoms with E-state index in [4.69, 9.17) is 26.5 Å². The third-order valence-electron chi connectivity index (χ3n) is 17.2. The van der Waals surface area contributed by atoms with Crippen molar-refractivity contribution in [1.29, 1.82) is 0 Å². The fourth-order valence-electron chi connectivity index (χ4n) is 14.5. The van der Waals surface area contributed by atoms with Crippen LogP contribution in [0.3, 0.4) is 0 Å². The van der Waals surface area contributed by atoms with E-state index in [0.29, 0.717) is 57.0 Å². The molecule has 3 aromatic heterocycles. The minimum Gasteiger partial charge on any atom is -0.501 e. The quantitative estimate of drug-likeness (QED) is 0.142. The molecule has 0 bridgehead atoms. The maximum atomic E-state index is 9.97. The second-order valence-electron chi connectivity index (χ2n) is 24.0. The molecule has 3 fully saturated rings. The van der Waals surface area contributed by atoms with E-state index in [1.165, 1.54) is 24.5 Å². The summed E-state index contributed by atoms with van der Waals surface area (Å²) in [5, 5.41) is 3.54. The molecule has 3 heterocycles. The Morgan fingerprint density at radius 2 is 1.44 bits per heavy atom. The van der Waals surface area contributed by atoms with Gasteiger partial charge in [0.05, 0.1) is 5.58 Å². The zero-order chi connectivity index (χ0) is 58.0. The van der Waals surface area contributed by atoms with Crippen LogP contribution >= 0.6 is 0 Å². The Balaban J connectivity index is 0.00000753. The van der Waals surface area contributed by atoms with Crippen molar-refractivity contribution in [2.24, 2.45) is 45.8 Å². The second kappa shape index (κ2) is 19.3. The van der Waals surface area contributed by atoms with Crippen molar-refractivity contribution in [3.63, 3.8) is 0 Å². The first-order valence-electron chi connectivity index (χ1n) is 31.0. The molecule has 374 valence electrons. The number of pyridine rings is 2. The van der Waals surface area contributed by atoms with E-state index in [1.807, 2.05) is 42.6 Å². The molecule has 72 heavy (non-hydrogen) atoms. The maximum absolute atomic E-state index is 9.97. The Morgan fingerprint density at radius 1 is 0.722 bits per heavy atom. The number of aryl methyl sites for hydroxylation is 3. The molecule has 0 radical (unpaired) electrons. The third kappa shape index (κ3) is 9.64. The summed E-state index contributed by atoms with van der Waals surface area (Å²) >= 11 is 0. The van der Waals surface area contributed by atoms with E-state index in [-0.39, 0.29) is 83.0 Å². The van der Waals surface area contributed by atoms with Gasteiger partial charge in [-0.25, -0.2) is 0 Å². The first kappa shape index (κ1) is 39.4. The Bertz CT molecular complexity index is 3700. The van der Waals surface area contributed by atoms with E-state index in [2.05, 4.69) is 84.6 Å².